The molecule has 0 aliphatic carbocycles. The van der Waals surface area contributed by atoms with E-state index in [1.807, 2.05) is 32.0 Å². The number of anilines is 2. The fourth-order valence-electron chi connectivity index (χ4n) is 1.42. The summed E-state index contributed by atoms with van der Waals surface area (Å²) < 4.78 is 0. The van der Waals surface area contributed by atoms with Gasteiger partial charge in [0.2, 0.25) is 0 Å². The molecule has 3 nitrogen and oxygen atoms in total. The molecule has 15 heavy (non-hydrogen) atoms. The summed E-state index contributed by atoms with van der Waals surface area (Å²) >= 11 is 0. The minimum Gasteiger partial charge on any atom is -0.399 e. The quantitative estimate of drug-likeness (QED) is 0.513. The first-order chi connectivity index (χ1) is 7.09. The molecule has 4 N–H and O–H groups in total. The van der Waals surface area contributed by atoms with Crippen LogP contribution in [0.1, 0.15) is 25.3 Å². The second kappa shape index (κ2) is 5.61. The number of hydrogen-bond acceptors (Lipinski definition) is 3. The molecular formula is C12H20N2O. The maximum Gasteiger partial charge on any atom is 0.0512 e. The van der Waals surface area contributed by atoms with Gasteiger partial charge in [0.25, 0.3) is 0 Å². The van der Waals surface area contributed by atoms with Crippen molar-refractivity contribution < 1.29 is 5.11 Å². The highest BCUT2D eigenvalue weighted by Crippen LogP contribution is 2.16. The van der Waals surface area contributed by atoms with Crippen LogP contribution in [-0.2, 0) is 0 Å². The Balaban J connectivity index is 2.35. The lowest BCUT2D eigenvalue weighted by Gasteiger charge is -2.09. The van der Waals surface area contributed by atoms with Crippen molar-refractivity contribution in [2.24, 2.45) is 0 Å². The Morgan fingerprint density at radius 2 is 2.20 bits per heavy atom. The van der Waals surface area contributed by atoms with Crippen LogP contribution in [-0.4, -0.2) is 17.8 Å². The second-order valence-corrected chi connectivity index (χ2v) is 3.99. The van der Waals surface area contributed by atoms with Crippen molar-refractivity contribution in [1.82, 2.24) is 0 Å². The maximum atomic E-state index is 9.09. The molecule has 0 amide bonds. The topological polar surface area (TPSA) is 58.3 Å². The summed E-state index contributed by atoms with van der Waals surface area (Å²) in [5, 5.41) is 12.4. The van der Waals surface area contributed by atoms with Gasteiger partial charge in [-0.3, -0.25) is 0 Å². The number of aryl methyl sites for hydroxylation is 1. The van der Waals surface area contributed by atoms with E-state index in [1.54, 1.807) is 0 Å². The third-order valence-corrected chi connectivity index (χ3v) is 2.40. The molecule has 1 aromatic carbocycles. The van der Waals surface area contributed by atoms with Gasteiger partial charge >= 0.3 is 0 Å². The van der Waals surface area contributed by atoms with Crippen molar-refractivity contribution in [1.29, 1.82) is 0 Å². The monoisotopic (exact) mass is 208 g/mol. The number of aliphatic hydroxyl groups excluding tert-OH is 1. The fraction of sp³-hybridized carbons (Fsp3) is 0.500. The van der Waals surface area contributed by atoms with Gasteiger partial charge in [0.15, 0.2) is 0 Å². The molecule has 84 valence electrons. The van der Waals surface area contributed by atoms with E-state index in [2.05, 4.69) is 5.32 Å². The molecule has 1 rings (SSSR count). The molecule has 0 bridgehead atoms. The number of nitrogens with two attached hydrogens (primary N) is 1. The van der Waals surface area contributed by atoms with Gasteiger partial charge in [0.05, 0.1) is 6.10 Å². The van der Waals surface area contributed by atoms with Crippen LogP contribution in [0.2, 0.25) is 0 Å². The Morgan fingerprint density at radius 3 is 2.80 bits per heavy atom. The van der Waals surface area contributed by atoms with Gasteiger partial charge in [0.1, 0.15) is 0 Å². The Kier molecular flexibility index (Phi) is 4.43. The highest BCUT2D eigenvalue weighted by Gasteiger charge is 1.97. The first-order valence-electron chi connectivity index (χ1n) is 5.37. The molecule has 1 atom stereocenters. The Morgan fingerprint density at radius 1 is 1.47 bits per heavy atom. The average Bonchev–Trinajstić information content (AvgIpc) is 2.18. The summed E-state index contributed by atoms with van der Waals surface area (Å²) in [6.45, 7) is 4.69. The lowest BCUT2D eigenvalue weighted by atomic mass is 10.1. The van der Waals surface area contributed by atoms with E-state index < -0.39 is 0 Å². The summed E-state index contributed by atoms with van der Waals surface area (Å²) in [5.41, 5.74) is 8.73. The Hall–Kier alpha value is -1.22. The van der Waals surface area contributed by atoms with E-state index >= 15 is 0 Å². The molecule has 0 saturated heterocycles. The van der Waals surface area contributed by atoms with E-state index in [-0.39, 0.29) is 6.10 Å². The molecular weight excluding hydrogens is 188 g/mol. The van der Waals surface area contributed by atoms with Gasteiger partial charge in [-0.15, -0.1) is 0 Å². The van der Waals surface area contributed by atoms with Crippen LogP contribution in [0.3, 0.4) is 0 Å². The normalized spacial score (nSPS) is 12.5. The largest absolute Gasteiger partial charge is 0.399 e. The molecule has 0 radical (unpaired) electrons. The van der Waals surface area contributed by atoms with E-state index in [0.717, 1.165) is 36.3 Å². The second-order valence-electron chi connectivity index (χ2n) is 3.99. The van der Waals surface area contributed by atoms with Crippen LogP contribution in [0.5, 0.6) is 0 Å². The molecule has 0 aliphatic rings. The molecule has 0 fully saturated rings. The lowest BCUT2D eigenvalue weighted by Crippen LogP contribution is -2.06. The van der Waals surface area contributed by atoms with Gasteiger partial charge in [-0.25, -0.2) is 0 Å². The van der Waals surface area contributed by atoms with Gasteiger partial charge in [-0.1, -0.05) is 0 Å². The minimum atomic E-state index is -0.208. The maximum absolute atomic E-state index is 9.09. The summed E-state index contributed by atoms with van der Waals surface area (Å²) in [5.74, 6) is 0. The van der Waals surface area contributed by atoms with Crippen molar-refractivity contribution >= 4 is 11.4 Å². The summed E-state index contributed by atoms with van der Waals surface area (Å²) in [6, 6.07) is 5.93. The molecule has 1 unspecified atom stereocenters. The van der Waals surface area contributed by atoms with Crippen LogP contribution >= 0.6 is 0 Å². The van der Waals surface area contributed by atoms with Crippen LogP contribution < -0.4 is 11.1 Å². The molecule has 0 heterocycles. The predicted molar refractivity (Wildman–Crippen MR) is 65.0 cm³/mol. The predicted octanol–water partition coefficient (Wildman–Crippen LogP) is 2.15. The zero-order valence-corrected chi connectivity index (χ0v) is 9.46. The number of hydrogen-bond donors (Lipinski definition) is 3. The van der Waals surface area contributed by atoms with Gasteiger partial charge in [-0.05, 0) is 50.5 Å². The Bertz CT molecular complexity index is 310. The molecule has 0 aliphatic heterocycles. The summed E-state index contributed by atoms with van der Waals surface area (Å²) in [4.78, 5) is 0. The fourth-order valence-corrected chi connectivity index (χ4v) is 1.42. The van der Waals surface area contributed by atoms with Gasteiger partial charge in [0, 0.05) is 17.9 Å². The van der Waals surface area contributed by atoms with E-state index in [9.17, 15) is 0 Å². The van der Waals surface area contributed by atoms with Crippen molar-refractivity contribution in [2.45, 2.75) is 32.8 Å². The van der Waals surface area contributed by atoms with Gasteiger partial charge in [-0.2, -0.15) is 0 Å². The average molecular weight is 208 g/mol. The van der Waals surface area contributed by atoms with Crippen molar-refractivity contribution in [3.05, 3.63) is 23.8 Å². The van der Waals surface area contributed by atoms with Crippen LogP contribution in [0.4, 0.5) is 11.4 Å². The van der Waals surface area contributed by atoms with Crippen LogP contribution in [0, 0.1) is 6.92 Å². The molecule has 3 heteroatoms. The molecule has 0 aromatic heterocycles. The first kappa shape index (κ1) is 11.9. The standard InChI is InChI=1S/C12H20N2O/c1-9-8-11(5-6-12(9)13)14-7-3-4-10(2)15/h5-6,8,10,14-15H,3-4,7,13H2,1-2H3. The molecule has 1 aromatic rings. The van der Waals surface area contributed by atoms with Crippen molar-refractivity contribution in [3.8, 4) is 0 Å². The zero-order chi connectivity index (χ0) is 11.3. The summed E-state index contributed by atoms with van der Waals surface area (Å²) in [6.07, 6.45) is 1.60. The van der Waals surface area contributed by atoms with Crippen molar-refractivity contribution in [3.63, 3.8) is 0 Å². The summed E-state index contributed by atoms with van der Waals surface area (Å²) in [7, 11) is 0. The van der Waals surface area contributed by atoms with Crippen molar-refractivity contribution in [2.75, 3.05) is 17.6 Å². The molecule has 0 saturated carbocycles. The van der Waals surface area contributed by atoms with Gasteiger partial charge < -0.3 is 16.2 Å². The number of nitrogens with one attached hydrogen (secondary N) is 1. The number of benzene rings is 1. The van der Waals surface area contributed by atoms with E-state index in [1.165, 1.54) is 0 Å². The van der Waals surface area contributed by atoms with E-state index in [4.69, 9.17) is 10.8 Å². The first-order valence-corrected chi connectivity index (χ1v) is 5.37. The number of rotatable bonds is 5. The minimum absolute atomic E-state index is 0.208. The van der Waals surface area contributed by atoms with E-state index in [0.29, 0.717) is 0 Å². The highest BCUT2D eigenvalue weighted by molar-refractivity contribution is 5.56. The zero-order valence-electron chi connectivity index (χ0n) is 9.46. The highest BCUT2D eigenvalue weighted by atomic mass is 16.3. The number of aliphatic hydroxyl groups is 1. The molecule has 0 spiro atoms. The third kappa shape index (κ3) is 4.21. The SMILES string of the molecule is Cc1cc(NCCCC(C)O)ccc1N. The third-order valence-electron chi connectivity index (χ3n) is 2.40. The van der Waals surface area contributed by atoms with Crippen LogP contribution in [0.15, 0.2) is 18.2 Å². The Labute approximate surface area is 91.3 Å². The number of nitrogen functional groups attached to an aromatic ring is 1. The van der Waals surface area contributed by atoms with Crippen LogP contribution in [0.25, 0.3) is 0 Å². The smallest absolute Gasteiger partial charge is 0.0512 e. The lowest BCUT2D eigenvalue weighted by molar-refractivity contribution is 0.183.